The molecule has 2 aromatic heterocycles. The maximum absolute atomic E-state index is 12.6. The molecule has 0 aromatic carbocycles. The Labute approximate surface area is 165 Å². The Morgan fingerprint density at radius 1 is 1.07 bits per heavy atom. The molecule has 1 unspecified atom stereocenters. The second kappa shape index (κ2) is 8.45. The van der Waals surface area contributed by atoms with E-state index < -0.39 is 0 Å². The minimum absolute atomic E-state index is 0.0875. The number of piperidine rings is 1. The standard InChI is InChI=1S/C20H30N6O2/c1-17-6-2-4-8-24(17)19(27)16-23-12-10-22(11-13-23)14-15-26-20(28)25-9-5-3-7-18(25)21-26/h3,5,7,9,17H,2,4,6,8,10-16H2,1H3. The molecule has 0 aliphatic carbocycles. The molecule has 2 fully saturated rings. The molecule has 0 radical (unpaired) electrons. The molecule has 2 aliphatic heterocycles. The first kappa shape index (κ1) is 19.1. The average molecular weight is 387 g/mol. The summed E-state index contributed by atoms with van der Waals surface area (Å²) in [6, 6.07) is 5.95. The van der Waals surface area contributed by atoms with E-state index in [1.165, 1.54) is 6.42 Å². The largest absolute Gasteiger partial charge is 0.350 e. The first-order valence-corrected chi connectivity index (χ1v) is 10.4. The van der Waals surface area contributed by atoms with Crippen molar-refractivity contribution in [3.05, 3.63) is 34.9 Å². The van der Waals surface area contributed by atoms with Crippen LogP contribution in [0.1, 0.15) is 26.2 Å². The number of piperazine rings is 1. The highest BCUT2D eigenvalue weighted by Gasteiger charge is 2.26. The van der Waals surface area contributed by atoms with E-state index >= 15 is 0 Å². The fraction of sp³-hybridized carbons (Fsp3) is 0.650. The fourth-order valence-corrected chi connectivity index (χ4v) is 4.27. The Morgan fingerprint density at radius 2 is 1.86 bits per heavy atom. The molecule has 8 heteroatoms. The minimum atomic E-state index is -0.0875. The summed E-state index contributed by atoms with van der Waals surface area (Å²) in [6.45, 7) is 8.63. The molecule has 2 aliphatic rings. The van der Waals surface area contributed by atoms with E-state index in [9.17, 15) is 9.59 Å². The Morgan fingerprint density at radius 3 is 2.61 bits per heavy atom. The number of carbonyl (C=O) groups is 1. The number of aromatic nitrogens is 3. The van der Waals surface area contributed by atoms with E-state index in [1.807, 2.05) is 18.2 Å². The number of carbonyl (C=O) groups excluding carboxylic acids is 1. The molecule has 8 nitrogen and oxygen atoms in total. The van der Waals surface area contributed by atoms with Crippen LogP contribution >= 0.6 is 0 Å². The normalized spacial score (nSPS) is 22.0. The van der Waals surface area contributed by atoms with Gasteiger partial charge in [0.25, 0.3) is 0 Å². The Balaban J connectivity index is 1.24. The van der Waals surface area contributed by atoms with Crippen LogP contribution in [0.25, 0.3) is 5.65 Å². The molecule has 4 heterocycles. The average Bonchev–Trinajstić information content (AvgIpc) is 3.04. The molecule has 0 bridgehead atoms. The van der Waals surface area contributed by atoms with Crippen LogP contribution < -0.4 is 5.69 Å². The van der Waals surface area contributed by atoms with Crippen LogP contribution in [0.15, 0.2) is 29.2 Å². The molecule has 0 saturated carbocycles. The summed E-state index contributed by atoms with van der Waals surface area (Å²) in [6.07, 6.45) is 5.24. The van der Waals surface area contributed by atoms with E-state index in [0.29, 0.717) is 24.8 Å². The van der Waals surface area contributed by atoms with Crippen LogP contribution in [-0.4, -0.2) is 86.6 Å². The first-order valence-electron chi connectivity index (χ1n) is 10.4. The van der Waals surface area contributed by atoms with Gasteiger partial charge in [0.2, 0.25) is 5.91 Å². The topological polar surface area (TPSA) is 66.1 Å². The summed E-state index contributed by atoms with van der Waals surface area (Å²) < 4.78 is 3.12. The highest BCUT2D eigenvalue weighted by Crippen LogP contribution is 2.17. The van der Waals surface area contributed by atoms with Crippen molar-refractivity contribution >= 4 is 11.6 Å². The van der Waals surface area contributed by atoms with Crippen molar-refractivity contribution in [2.24, 2.45) is 0 Å². The van der Waals surface area contributed by atoms with Crippen LogP contribution in [0, 0.1) is 0 Å². The van der Waals surface area contributed by atoms with Crippen molar-refractivity contribution in [1.82, 2.24) is 28.9 Å². The maximum Gasteiger partial charge on any atom is 0.350 e. The zero-order valence-corrected chi connectivity index (χ0v) is 16.7. The van der Waals surface area contributed by atoms with Gasteiger partial charge in [-0.1, -0.05) is 6.07 Å². The predicted octanol–water partition coefficient (Wildman–Crippen LogP) is 0.515. The minimum Gasteiger partial charge on any atom is -0.339 e. The van der Waals surface area contributed by atoms with Crippen molar-refractivity contribution in [3.63, 3.8) is 0 Å². The highest BCUT2D eigenvalue weighted by molar-refractivity contribution is 5.78. The SMILES string of the molecule is CC1CCCCN1C(=O)CN1CCN(CCn2nc3ccccn3c2=O)CC1. The van der Waals surface area contributed by atoms with Gasteiger partial charge in [0, 0.05) is 51.5 Å². The maximum atomic E-state index is 12.6. The molecule has 2 saturated heterocycles. The molecule has 152 valence electrons. The monoisotopic (exact) mass is 386 g/mol. The van der Waals surface area contributed by atoms with Crippen molar-refractivity contribution in [1.29, 1.82) is 0 Å². The molecule has 28 heavy (non-hydrogen) atoms. The van der Waals surface area contributed by atoms with Crippen molar-refractivity contribution < 1.29 is 4.79 Å². The number of rotatable bonds is 5. The third-order valence-corrected chi connectivity index (χ3v) is 6.06. The fourth-order valence-electron chi connectivity index (χ4n) is 4.27. The van der Waals surface area contributed by atoms with Crippen molar-refractivity contribution in [2.75, 3.05) is 45.8 Å². The van der Waals surface area contributed by atoms with Gasteiger partial charge in [-0.2, -0.15) is 0 Å². The summed E-state index contributed by atoms with van der Waals surface area (Å²) in [5, 5.41) is 4.39. The molecule has 2 aromatic rings. The van der Waals surface area contributed by atoms with Crippen LogP contribution in [0.2, 0.25) is 0 Å². The molecular weight excluding hydrogens is 356 g/mol. The lowest BCUT2D eigenvalue weighted by Crippen LogP contribution is -2.52. The van der Waals surface area contributed by atoms with Gasteiger partial charge in [-0.3, -0.25) is 19.0 Å². The smallest absolute Gasteiger partial charge is 0.339 e. The van der Waals surface area contributed by atoms with Gasteiger partial charge in [0.15, 0.2) is 5.65 Å². The lowest BCUT2D eigenvalue weighted by atomic mass is 10.0. The van der Waals surface area contributed by atoms with Crippen LogP contribution in [-0.2, 0) is 11.3 Å². The number of likely N-dealkylation sites (tertiary alicyclic amines) is 1. The molecule has 4 rings (SSSR count). The molecule has 1 amide bonds. The zero-order valence-electron chi connectivity index (χ0n) is 16.7. The second-order valence-corrected chi connectivity index (χ2v) is 7.98. The number of fused-ring (bicyclic) bond motifs is 1. The van der Waals surface area contributed by atoms with E-state index in [2.05, 4.69) is 26.7 Å². The van der Waals surface area contributed by atoms with Crippen LogP contribution in [0.3, 0.4) is 0 Å². The van der Waals surface area contributed by atoms with Crippen LogP contribution in [0.4, 0.5) is 0 Å². The van der Waals surface area contributed by atoms with E-state index in [-0.39, 0.29) is 11.6 Å². The van der Waals surface area contributed by atoms with Gasteiger partial charge in [-0.05, 0) is 38.3 Å². The van der Waals surface area contributed by atoms with Gasteiger partial charge in [-0.25, -0.2) is 9.48 Å². The quantitative estimate of drug-likeness (QED) is 0.749. The van der Waals surface area contributed by atoms with Crippen molar-refractivity contribution in [2.45, 2.75) is 38.8 Å². The van der Waals surface area contributed by atoms with E-state index in [0.717, 1.165) is 52.1 Å². The summed E-state index contributed by atoms with van der Waals surface area (Å²) in [5.74, 6) is 0.275. The van der Waals surface area contributed by atoms with E-state index in [4.69, 9.17) is 0 Å². The zero-order chi connectivity index (χ0) is 19.5. The van der Waals surface area contributed by atoms with Crippen LogP contribution in [0.5, 0.6) is 0 Å². The number of nitrogens with zero attached hydrogens (tertiary/aromatic N) is 6. The van der Waals surface area contributed by atoms with Gasteiger partial charge in [0.1, 0.15) is 0 Å². The third-order valence-electron chi connectivity index (χ3n) is 6.06. The Kier molecular flexibility index (Phi) is 5.77. The van der Waals surface area contributed by atoms with E-state index in [1.54, 1.807) is 15.3 Å². The molecule has 1 atom stereocenters. The summed E-state index contributed by atoms with van der Waals surface area (Å²) in [4.78, 5) is 31.6. The predicted molar refractivity (Wildman–Crippen MR) is 107 cm³/mol. The number of pyridine rings is 1. The van der Waals surface area contributed by atoms with Crippen molar-refractivity contribution in [3.8, 4) is 0 Å². The lowest BCUT2D eigenvalue weighted by Gasteiger charge is -2.38. The third kappa shape index (κ3) is 4.12. The molecular formula is C20H30N6O2. The van der Waals surface area contributed by atoms with Gasteiger partial charge in [-0.15, -0.1) is 5.10 Å². The van der Waals surface area contributed by atoms with Gasteiger partial charge < -0.3 is 4.90 Å². The van der Waals surface area contributed by atoms with Gasteiger partial charge >= 0.3 is 5.69 Å². The highest BCUT2D eigenvalue weighted by atomic mass is 16.2. The number of amides is 1. The molecule has 0 spiro atoms. The number of hydrogen-bond donors (Lipinski definition) is 0. The second-order valence-electron chi connectivity index (χ2n) is 7.98. The Bertz CT molecular complexity index is 867. The molecule has 0 N–H and O–H groups in total. The summed E-state index contributed by atoms with van der Waals surface area (Å²) >= 11 is 0. The Hall–Kier alpha value is -2.19. The summed E-state index contributed by atoms with van der Waals surface area (Å²) in [7, 11) is 0. The lowest BCUT2D eigenvalue weighted by molar-refractivity contribution is -0.136. The van der Waals surface area contributed by atoms with Gasteiger partial charge in [0.05, 0.1) is 13.1 Å². The number of hydrogen-bond acceptors (Lipinski definition) is 5. The first-order chi connectivity index (χ1) is 13.6. The summed E-state index contributed by atoms with van der Waals surface area (Å²) in [5.41, 5.74) is 0.596.